The van der Waals surface area contributed by atoms with Gasteiger partial charge in [-0.1, -0.05) is 6.07 Å². The lowest BCUT2D eigenvalue weighted by molar-refractivity contribution is 0.252. The smallest absolute Gasteiger partial charge is 0.321 e. The Bertz CT molecular complexity index is 457. The molecule has 5 heteroatoms. The first-order valence-electron chi connectivity index (χ1n) is 6.95. The van der Waals surface area contributed by atoms with E-state index in [1.54, 1.807) is 4.90 Å². The van der Waals surface area contributed by atoms with E-state index in [4.69, 9.17) is 0 Å². The molecule has 3 N–H and O–H groups in total. The summed E-state index contributed by atoms with van der Waals surface area (Å²) in [6, 6.07) is 8.65. The zero-order valence-electron chi connectivity index (χ0n) is 11.0. The van der Waals surface area contributed by atoms with Crippen LogP contribution >= 0.6 is 0 Å². The van der Waals surface area contributed by atoms with Crippen LogP contribution < -0.4 is 20.9 Å². The van der Waals surface area contributed by atoms with Crippen LogP contribution in [0.15, 0.2) is 24.3 Å². The SMILES string of the molecule is O=C1NCCN1c1cccc(NC2CCNCC2)c1. The topological polar surface area (TPSA) is 56.4 Å². The monoisotopic (exact) mass is 260 g/mol. The number of benzene rings is 1. The molecular weight excluding hydrogens is 240 g/mol. The van der Waals surface area contributed by atoms with Gasteiger partial charge in [0.1, 0.15) is 0 Å². The maximum Gasteiger partial charge on any atom is 0.321 e. The van der Waals surface area contributed by atoms with Gasteiger partial charge in [0.05, 0.1) is 0 Å². The Morgan fingerprint density at radius 1 is 1.21 bits per heavy atom. The molecule has 2 heterocycles. The van der Waals surface area contributed by atoms with Gasteiger partial charge in [0.15, 0.2) is 0 Å². The first kappa shape index (κ1) is 12.3. The summed E-state index contributed by atoms with van der Waals surface area (Å²) in [6.45, 7) is 3.62. The molecule has 0 bridgehead atoms. The molecule has 2 aliphatic rings. The first-order valence-corrected chi connectivity index (χ1v) is 6.95. The number of anilines is 2. The van der Waals surface area contributed by atoms with Crippen LogP contribution in [0.5, 0.6) is 0 Å². The second kappa shape index (κ2) is 5.48. The number of rotatable bonds is 3. The van der Waals surface area contributed by atoms with Gasteiger partial charge in [-0.3, -0.25) is 4.90 Å². The highest BCUT2D eigenvalue weighted by Crippen LogP contribution is 2.22. The average Bonchev–Trinajstić information content (AvgIpc) is 2.86. The number of hydrogen-bond acceptors (Lipinski definition) is 3. The Kier molecular flexibility index (Phi) is 3.55. The van der Waals surface area contributed by atoms with Crippen molar-refractivity contribution >= 4 is 17.4 Å². The summed E-state index contributed by atoms with van der Waals surface area (Å²) in [5.74, 6) is 0. The molecule has 0 unspecified atom stereocenters. The van der Waals surface area contributed by atoms with Crippen LogP contribution in [0.2, 0.25) is 0 Å². The molecule has 0 radical (unpaired) electrons. The lowest BCUT2D eigenvalue weighted by Crippen LogP contribution is -2.35. The van der Waals surface area contributed by atoms with E-state index in [0.717, 1.165) is 50.4 Å². The molecule has 2 saturated heterocycles. The predicted octanol–water partition coefficient (Wildman–Crippen LogP) is 1.38. The zero-order chi connectivity index (χ0) is 13.1. The van der Waals surface area contributed by atoms with Crippen LogP contribution in [0.3, 0.4) is 0 Å². The van der Waals surface area contributed by atoms with Crippen molar-refractivity contribution in [3.05, 3.63) is 24.3 Å². The number of amides is 2. The van der Waals surface area contributed by atoms with Gasteiger partial charge < -0.3 is 16.0 Å². The Balaban J connectivity index is 1.70. The lowest BCUT2D eigenvalue weighted by Gasteiger charge is -2.25. The van der Waals surface area contributed by atoms with Crippen LogP contribution in [0.25, 0.3) is 0 Å². The van der Waals surface area contributed by atoms with Gasteiger partial charge in [0, 0.05) is 30.5 Å². The fourth-order valence-corrected chi connectivity index (χ4v) is 2.68. The van der Waals surface area contributed by atoms with Gasteiger partial charge in [0.2, 0.25) is 0 Å². The standard InChI is InChI=1S/C14H20N4O/c19-14-16-8-9-18(14)13-3-1-2-12(10-13)17-11-4-6-15-7-5-11/h1-3,10-11,15,17H,4-9H2,(H,16,19). The highest BCUT2D eigenvalue weighted by Gasteiger charge is 2.21. The van der Waals surface area contributed by atoms with Crippen LogP contribution in [0.1, 0.15) is 12.8 Å². The fraction of sp³-hybridized carbons (Fsp3) is 0.500. The van der Waals surface area contributed by atoms with E-state index in [0.29, 0.717) is 6.04 Å². The molecule has 2 fully saturated rings. The van der Waals surface area contributed by atoms with Crippen molar-refractivity contribution in [1.29, 1.82) is 0 Å². The zero-order valence-corrected chi connectivity index (χ0v) is 11.0. The van der Waals surface area contributed by atoms with Crippen molar-refractivity contribution in [2.45, 2.75) is 18.9 Å². The number of nitrogens with one attached hydrogen (secondary N) is 3. The van der Waals surface area contributed by atoms with Gasteiger partial charge >= 0.3 is 6.03 Å². The Labute approximate surface area is 113 Å². The largest absolute Gasteiger partial charge is 0.382 e. The van der Waals surface area contributed by atoms with E-state index in [-0.39, 0.29) is 6.03 Å². The summed E-state index contributed by atoms with van der Waals surface area (Å²) in [5, 5.41) is 9.75. The third-order valence-electron chi connectivity index (χ3n) is 3.72. The molecule has 2 amide bonds. The van der Waals surface area contributed by atoms with Crippen LogP contribution in [0, 0.1) is 0 Å². The number of nitrogens with zero attached hydrogens (tertiary/aromatic N) is 1. The second-order valence-corrected chi connectivity index (χ2v) is 5.10. The summed E-state index contributed by atoms with van der Waals surface area (Å²) in [4.78, 5) is 13.4. The van der Waals surface area contributed by atoms with E-state index < -0.39 is 0 Å². The van der Waals surface area contributed by atoms with Crippen molar-refractivity contribution in [1.82, 2.24) is 10.6 Å². The third kappa shape index (κ3) is 2.81. The summed E-state index contributed by atoms with van der Waals surface area (Å²) in [6.07, 6.45) is 2.29. The molecule has 5 nitrogen and oxygen atoms in total. The first-order chi connectivity index (χ1) is 9.33. The van der Waals surface area contributed by atoms with Crippen LogP contribution in [-0.4, -0.2) is 38.3 Å². The van der Waals surface area contributed by atoms with Crippen molar-refractivity contribution < 1.29 is 4.79 Å². The summed E-state index contributed by atoms with van der Waals surface area (Å²) in [5.41, 5.74) is 2.07. The average molecular weight is 260 g/mol. The van der Waals surface area contributed by atoms with Crippen LogP contribution in [-0.2, 0) is 0 Å². The van der Waals surface area contributed by atoms with Gasteiger partial charge in [0.25, 0.3) is 0 Å². The molecule has 0 aromatic heterocycles. The molecule has 19 heavy (non-hydrogen) atoms. The number of hydrogen-bond donors (Lipinski definition) is 3. The van der Waals surface area contributed by atoms with Crippen LogP contribution in [0.4, 0.5) is 16.2 Å². The van der Waals surface area contributed by atoms with E-state index >= 15 is 0 Å². The summed E-state index contributed by atoms with van der Waals surface area (Å²) < 4.78 is 0. The minimum absolute atomic E-state index is 0.000911. The molecule has 1 aromatic rings. The summed E-state index contributed by atoms with van der Waals surface area (Å²) >= 11 is 0. The second-order valence-electron chi connectivity index (χ2n) is 5.10. The van der Waals surface area contributed by atoms with E-state index in [2.05, 4.69) is 28.1 Å². The molecule has 2 aliphatic heterocycles. The van der Waals surface area contributed by atoms with Gasteiger partial charge in [-0.25, -0.2) is 4.79 Å². The quantitative estimate of drug-likeness (QED) is 0.769. The minimum Gasteiger partial charge on any atom is -0.382 e. The molecule has 0 aliphatic carbocycles. The number of carbonyl (C=O) groups is 1. The molecule has 102 valence electrons. The molecule has 0 spiro atoms. The fourth-order valence-electron chi connectivity index (χ4n) is 2.68. The Hall–Kier alpha value is -1.75. The molecular formula is C14H20N4O. The van der Waals surface area contributed by atoms with E-state index in [1.807, 2.05) is 12.1 Å². The maximum atomic E-state index is 11.7. The Morgan fingerprint density at radius 3 is 2.79 bits per heavy atom. The number of piperidine rings is 1. The van der Waals surface area contributed by atoms with Crippen molar-refractivity contribution in [3.63, 3.8) is 0 Å². The van der Waals surface area contributed by atoms with Crippen molar-refractivity contribution in [2.24, 2.45) is 0 Å². The van der Waals surface area contributed by atoms with E-state index in [9.17, 15) is 4.79 Å². The number of urea groups is 1. The number of carbonyl (C=O) groups excluding carboxylic acids is 1. The highest BCUT2D eigenvalue weighted by atomic mass is 16.2. The van der Waals surface area contributed by atoms with Gasteiger partial charge in [-0.15, -0.1) is 0 Å². The third-order valence-corrected chi connectivity index (χ3v) is 3.72. The molecule has 1 aromatic carbocycles. The van der Waals surface area contributed by atoms with Gasteiger partial charge in [-0.2, -0.15) is 0 Å². The van der Waals surface area contributed by atoms with E-state index in [1.165, 1.54) is 0 Å². The van der Waals surface area contributed by atoms with Crippen molar-refractivity contribution in [3.8, 4) is 0 Å². The minimum atomic E-state index is -0.000911. The highest BCUT2D eigenvalue weighted by molar-refractivity contribution is 5.94. The molecule has 0 atom stereocenters. The molecule has 3 rings (SSSR count). The Morgan fingerprint density at radius 2 is 2.05 bits per heavy atom. The predicted molar refractivity (Wildman–Crippen MR) is 76.7 cm³/mol. The normalized spacial score (nSPS) is 20.4. The summed E-state index contributed by atoms with van der Waals surface area (Å²) in [7, 11) is 0. The van der Waals surface area contributed by atoms with Crippen molar-refractivity contribution in [2.75, 3.05) is 36.4 Å². The maximum absolute atomic E-state index is 11.7. The lowest BCUT2D eigenvalue weighted by atomic mass is 10.1. The molecule has 0 saturated carbocycles. The van der Waals surface area contributed by atoms with Gasteiger partial charge in [-0.05, 0) is 44.1 Å².